The third-order valence-corrected chi connectivity index (χ3v) is 5.94. The van der Waals surface area contributed by atoms with Crippen LogP contribution in [0.1, 0.15) is 28.4 Å². The van der Waals surface area contributed by atoms with E-state index in [4.69, 9.17) is 0 Å². The van der Waals surface area contributed by atoms with E-state index in [2.05, 4.69) is 15.4 Å². The summed E-state index contributed by atoms with van der Waals surface area (Å²) in [4.78, 5) is 23.9. The summed E-state index contributed by atoms with van der Waals surface area (Å²) in [5, 5.41) is 5.40. The molecule has 7 nitrogen and oxygen atoms in total. The Morgan fingerprint density at radius 1 is 0.839 bits per heavy atom. The number of hydrogen-bond donors (Lipinski definition) is 3. The van der Waals surface area contributed by atoms with Crippen LogP contribution in [0.2, 0.25) is 0 Å². The molecule has 0 saturated carbocycles. The van der Waals surface area contributed by atoms with Crippen LogP contribution >= 0.6 is 0 Å². The summed E-state index contributed by atoms with van der Waals surface area (Å²) < 4.78 is 28.0. The van der Waals surface area contributed by atoms with Crippen LogP contribution < -0.4 is 15.4 Å². The van der Waals surface area contributed by atoms with Gasteiger partial charge >= 0.3 is 0 Å². The number of amides is 2. The first kappa shape index (κ1) is 22.2. The summed E-state index contributed by atoms with van der Waals surface area (Å²) in [6.07, 6.45) is 0. The van der Waals surface area contributed by atoms with E-state index in [9.17, 15) is 18.0 Å². The predicted octanol–water partition coefficient (Wildman–Crippen LogP) is 3.68. The van der Waals surface area contributed by atoms with Gasteiger partial charge in [-0.25, -0.2) is 13.1 Å². The molecule has 0 unspecified atom stereocenters. The fourth-order valence-electron chi connectivity index (χ4n) is 2.91. The minimum atomic E-state index is -3.79. The monoisotopic (exact) mass is 437 g/mol. The number of rotatable bonds is 7. The van der Waals surface area contributed by atoms with Gasteiger partial charge in [-0.2, -0.15) is 0 Å². The SMILES string of the molecule is CC(=O)Nc1ccc(NC(=O)c2cc(S(=O)(=O)NCc3ccccc3)ccc2C)cc1. The Kier molecular flexibility index (Phi) is 6.84. The number of carbonyl (C=O) groups excluding carboxylic acids is 2. The van der Waals surface area contributed by atoms with Gasteiger partial charge in [-0.05, 0) is 54.4 Å². The number of hydrogen-bond acceptors (Lipinski definition) is 4. The lowest BCUT2D eigenvalue weighted by Gasteiger charge is -2.12. The van der Waals surface area contributed by atoms with E-state index in [0.717, 1.165) is 5.56 Å². The van der Waals surface area contributed by atoms with Crippen molar-refractivity contribution in [2.24, 2.45) is 0 Å². The summed E-state index contributed by atoms with van der Waals surface area (Å²) in [7, 11) is -3.79. The van der Waals surface area contributed by atoms with Crippen LogP contribution in [0, 0.1) is 6.92 Å². The van der Waals surface area contributed by atoms with Crippen LogP contribution in [0.3, 0.4) is 0 Å². The quantitative estimate of drug-likeness (QED) is 0.524. The molecule has 3 N–H and O–H groups in total. The van der Waals surface area contributed by atoms with Gasteiger partial charge in [0.2, 0.25) is 15.9 Å². The molecule has 3 aromatic rings. The molecule has 0 atom stereocenters. The molecule has 31 heavy (non-hydrogen) atoms. The van der Waals surface area contributed by atoms with Crippen molar-refractivity contribution in [3.05, 3.63) is 89.5 Å². The number of sulfonamides is 1. The van der Waals surface area contributed by atoms with Crippen LogP contribution in [0.5, 0.6) is 0 Å². The topological polar surface area (TPSA) is 104 Å². The molecule has 0 radical (unpaired) electrons. The Morgan fingerprint density at radius 3 is 2.06 bits per heavy atom. The largest absolute Gasteiger partial charge is 0.326 e. The molecule has 0 bridgehead atoms. The van der Waals surface area contributed by atoms with Crippen molar-refractivity contribution >= 4 is 33.2 Å². The lowest BCUT2D eigenvalue weighted by Crippen LogP contribution is -2.24. The normalized spacial score (nSPS) is 11.0. The molecule has 160 valence electrons. The van der Waals surface area contributed by atoms with E-state index in [-0.39, 0.29) is 22.9 Å². The Balaban J connectivity index is 1.75. The Labute approximate surface area is 181 Å². The van der Waals surface area contributed by atoms with Gasteiger partial charge in [0.05, 0.1) is 4.90 Å². The molecule has 8 heteroatoms. The maximum absolute atomic E-state index is 12.8. The van der Waals surface area contributed by atoms with Gasteiger partial charge in [0.1, 0.15) is 0 Å². The van der Waals surface area contributed by atoms with E-state index in [0.29, 0.717) is 16.9 Å². The zero-order valence-electron chi connectivity index (χ0n) is 17.2. The second-order valence-corrected chi connectivity index (χ2v) is 8.77. The minimum absolute atomic E-state index is 0.0141. The molecule has 0 fully saturated rings. The summed E-state index contributed by atoms with van der Waals surface area (Å²) in [6, 6.07) is 20.3. The molecule has 0 aliphatic heterocycles. The van der Waals surface area contributed by atoms with Gasteiger partial charge in [-0.1, -0.05) is 36.4 Å². The van der Waals surface area contributed by atoms with E-state index in [1.807, 2.05) is 30.3 Å². The molecule has 3 rings (SSSR count). The lowest BCUT2D eigenvalue weighted by molar-refractivity contribution is -0.114. The van der Waals surface area contributed by atoms with Crippen molar-refractivity contribution in [3.8, 4) is 0 Å². The second kappa shape index (κ2) is 9.55. The van der Waals surface area contributed by atoms with Gasteiger partial charge in [0, 0.05) is 30.4 Å². The third kappa shape index (κ3) is 6.00. The molecular formula is C23H23N3O4S. The Hall–Kier alpha value is -3.49. The number of benzene rings is 3. The van der Waals surface area contributed by atoms with Gasteiger partial charge in [-0.15, -0.1) is 0 Å². The van der Waals surface area contributed by atoms with Crippen molar-refractivity contribution in [2.45, 2.75) is 25.3 Å². The smallest absolute Gasteiger partial charge is 0.255 e. The van der Waals surface area contributed by atoms with Crippen LogP contribution in [0.4, 0.5) is 11.4 Å². The second-order valence-electron chi connectivity index (χ2n) is 7.00. The predicted molar refractivity (Wildman–Crippen MR) is 120 cm³/mol. The highest BCUT2D eigenvalue weighted by molar-refractivity contribution is 7.89. The molecule has 0 spiro atoms. The highest BCUT2D eigenvalue weighted by Crippen LogP contribution is 2.19. The van der Waals surface area contributed by atoms with E-state index in [1.165, 1.54) is 19.1 Å². The summed E-state index contributed by atoms with van der Waals surface area (Å²) in [5.74, 6) is -0.615. The first-order chi connectivity index (χ1) is 14.7. The van der Waals surface area contributed by atoms with Gasteiger partial charge in [0.25, 0.3) is 5.91 Å². The van der Waals surface area contributed by atoms with Crippen LogP contribution in [0.15, 0.2) is 77.7 Å². The number of nitrogens with one attached hydrogen (secondary N) is 3. The third-order valence-electron chi connectivity index (χ3n) is 4.54. The molecule has 2 amide bonds. The Morgan fingerprint density at radius 2 is 1.45 bits per heavy atom. The van der Waals surface area contributed by atoms with Crippen molar-refractivity contribution < 1.29 is 18.0 Å². The average Bonchev–Trinajstić information content (AvgIpc) is 2.74. The van der Waals surface area contributed by atoms with Crippen LogP contribution in [0.25, 0.3) is 0 Å². The number of carbonyl (C=O) groups is 2. The highest BCUT2D eigenvalue weighted by Gasteiger charge is 2.18. The molecular weight excluding hydrogens is 414 g/mol. The summed E-state index contributed by atoms with van der Waals surface area (Å²) in [5.41, 5.74) is 2.87. The van der Waals surface area contributed by atoms with Crippen molar-refractivity contribution in [2.75, 3.05) is 10.6 Å². The molecule has 0 aliphatic carbocycles. The zero-order valence-corrected chi connectivity index (χ0v) is 18.0. The van der Waals surface area contributed by atoms with E-state index in [1.54, 1.807) is 37.3 Å². The van der Waals surface area contributed by atoms with E-state index >= 15 is 0 Å². The summed E-state index contributed by atoms with van der Waals surface area (Å²) >= 11 is 0. The minimum Gasteiger partial charge on any atom is -0.326 e. The van der Waals surface area contributed by atoms with Gasteiger partial charge in [0.15, 0.2) is 0 Å². The first-order valence-electron chi connectivity index (χ1n) is 9.58. The molecule has 3 aromatic carbocycles. The fraction of sp³-hybridized carbons (Fsp3) is 0.130. The fourth-order valence-corrected chi connectivity index (χ4v) is 3.95. The molecule has 0 saturated heterocycles. The number of anilines is 2. The zero-order chi connectivity index (χ0) is 22.4. The Bertz CT molecular complexity index is 1190. The van der Waals surface area contributed by atoms with Gasteiger partial charge < -0.3 is 10.6 Å². The molecule has 0 aromatic heterocycles. The van der Waals surface area contributed by atoms with Crippen molar-refractivity contribution in [3.63, 3.8) is 0 Å². The maximum Gasteiger partial charge on any atom is 0.255 e. The summed E-state index contributed by atoms with van der Waals surface area (Å²) in [6.45, 7) is 3.30. The van der Waals surface area contributed by atoms with Crippen LogP contribution in [-0.2, 0) is 21.4 Å². The lowest BCUT2D eigenvalue weighted by atomic mass is 10.1. The van der Waals surface area contributed by atoms with Crippen molar-refractivity contribution in [1.82, 2.24) is 4.72 Å². The average molecular weight is 438 g/mol. The van der Waals surface area contributed by atoms with Gasteiger partial charge in [-0.3, -0.25) is 9.59 Å². The first-order valence-corrected chi connectivity index (χ1v) is 11.1. The van der Waals surface area contributed by atoms with Crippen LogP contribution in [-0.4, -0.2) is 20.2 Å². The molecule has 0 aliphatic rings. The standard InChI is InChI=1S/C23H23N3O4S/c1-16-8-13-21(31(29,30)24-15-18-6-4-3-5-7-18)14-22(16)23(28)26-20-11-9-19(10-12-20)25-17(2)27/h3-14,24H,15H2,1-2H3,(H,25,27)(H,26,28). The molecule has 0 heterocycles. The van der Waals surface area contributed by atoms with E-state index < -0.39 is 15.9 Å². The highest BCUT2D eigenvalue weighted by atomic mass is 32.2. The van der Waals surface area contributed by atoms with Crippen molar-refractivity contribution in [1.29, 1.82) is 0 Å². The number of aryl methyl sites for hydroxylation is 1. The maximum atomic E-state index is 12.8.